The van der Waals surface area contributed by atoms with Gasteiger partial charge in [-0.05, 0) is 55.4 Å². The second-order valence-corrected chi connectivity index (χ2v) is 11.7. The van der Waals surface area contributed by atoms with Crippen molar-refractivity contribution >= 4 is 0 Å². The minimum atomic E-state index is -0.767. The molecular formula is C24H36O10. The topological polar surface area (TPSA) is 92.3 Å². The summed E-state index contributed by atoms with van der Waals surface area (Å²) in [5.74, 6) is -3.06. The van der Waals surface area contributed by atoms with Crippen LogP contribution >= 0.6 is 0 Å². The molecule has 6 fully saturated rings. The molecule has 0 saturated carbocycles. The Balaban J connectivity index is 1.25. The maximum Gasteiger partial charge on any atom is 0.190 e. The molecule has 0 N–H and O–H groups in total. The van der Waals surface area contributed by atoms with Crippen LogP contribution in [0.1, 0.15) is 55.4 Å². The Kier molecular flexibility index (Phi) is 5.19. The average Bonchev–Trinajstić information content (AvgIpc) is 3.37. The number of rotatable bonds is 2. The molecule has 0 spiro atoms. The van der Waals surface area contributed by atoms with Gasteiger partial charge in [0.25, 0.3) is 0 Å². The summed E-state index contributed by atoms with van der Waals surface area (Å²) in [6.07, 6.45) is -0.249. The first-order chi connectivity index (χ1) is 15.7. The van der Waals surface area contributed by atoms with E-state index in [1.807, 2.05) is 67.5 Å². The van der Waals surface area contributed by atoms with Gasteiger partial charge in [-0.2, -0.15) is 0 Å². The summed E-state index contributed by atoms with van der Waals surface area (Å²) in [5, 5.41) is 0. The summed E-state index contributed by atoms with van der Waals surface area (Å²) in [4.78, 5) is 0. The third-order valence-electron chi connectivity index (χ3n) is 6.87. The summed E-state index contributed by atoms with van der Waals surface area (Å²) in [6, 6.07) is 0. The van der Waals surface area contributed by atoms with E-state index >= 15 is 0 Å². The van der Waals surface area contributed by atoms with Gasteiger partial charge in [-0.15, -0.1) is 0 Å². The highest BCUT2D eigenvalue weighted by molar-refractivity contribution is 5.12. The third-order valence-corrected chi connectivity index (χ3v) is 6.87. The van der Waals surface area contributed by atoms with E-state index in [0.29, 0.717) is 0 Å². The lowest BCUT2D eigenvalue weighted by atomic mass is 9.95. The molecular weight excluding hydrogens is 448 g/mol. The number of fused-ring (bicyclic) bond motifs is 6. The molecule has 10 heteroatoms. The lowest BCUT2D eigenvalue weighted by Crippen LogP contribution is -2.55. The molecule has 10 atom stereocenters. The molecule has 6 saturated heterocycles. The van der Waals surface area contributed by atoms with E-state index in [2.05, 4.69) is 0 Å². The van der Waals surface area contributed by atoms with E-state index in [4.69, 9.17) is 47.4 Å². The summed E-state index contributed by atoms with van der Waals surface area (Å²) in [7, 11) is 0. The van der Waals surface area contributed by atoms with E-state index in [0.717, 1.165) is 0 Å². The SMILES string of the molecule is CC1(C)O[C@@H]2O[C@@H](/C=C/[C@H]3O[C@@H]4OC(C)(C)O[C@@H]4[C@H]4OC(C)(C)O[C@H]43)[C@H]3OC(C)(C)O[C@H]3[C@@H]2O1. The molecule has 10 nitrogen and oxygen atoms in total. The smallest absolute Gasteiger partial charge is 0.190 e. The van der Waals surface area contributed by atoms with Crippen molar-refractivity contribution in [1.29, 1.82) is 0 Å². The van der Waals surface area contributed by atoms with Crippen LogP contribution in [0.5, 0.6) is 0 Å². The zero-order chi connectivity index (χ0) is 24.3. The Bertz CT molecular complexity index is 785. The predicted molar refractivity (Wildman–Crippen MR) is 114 cm³/mol. The summed E-state index contributed by atoms with van der Waals surface area (Å²) in [5.41, 5.74) is 0. The first-order valence-electron chi connectivity index (χ1n) is 12.1. The van der Waals surface area contributed by atoms with Gasteiger partial charge in [-0.3, -0.25) is 0 Å². The zero-order valence-corrected chi connectivity index (χ0v) is 21.0. The lowest BCUT2D eigenvalue weighted by molar-refractivity contribution is -0.226. The van der Waals surface area contributed by atoms with E-state index in [1.165, 1.54) is 0 Å². The fourth-order valence-electron chi connectivity index (χ4n) is 5.81. The van der Waals surface area contributed by atoms with Crippen LogP contribution in [-0.4, -0.2) is 84.6 Å². The molecule has 6 rings (SSSR count). The van der Waals surface area contributed by atoms with Crippen molar-refractivity contribution in [3.63, 3.8) is 0 Å². The fourth-order valence-corrected chi connectivity index (χ4v) is 5.81. The van der Waals surface area contributed by atoms with Gasteiger partial charge in [0.05, 0.1) is 0 Å². The first-order valence-corrected chi connectivity index (χ1v) is 12.1. The summed E-state index contributed by atoms with van der Waals surface area (Å²) in [6.45, 7) is 15.0. The molecule has 0 radical (unpaired) electrons. The predicted octanol–water partition coefficient (Wildman–Crippen LogP) is 2.34. The highest BCUT2D eigenvalue weighted by Gasteiger charge is 2.62. The van der Waals surface area contributed by atoms with Crippen LogP contribution in [0.15, 0.2) is 12.2 Å². The molecule has 0 aliphatic carbocycles. The average molecular weight is 485 g/mol. The van der Waals surface area contributed by atoms with Crippen molar-refractivity contribution in [1.82, 2.24) is 0 Å². The van der Waals surface area contributed by atoms with Crippen LogP contribution in [-0.2, 0) is 47.4 Å². The van der Waals surface area contributed by atoms with Gasteiger partial charge < -0.3 is 47.4 Å². The molecule has 0 amide bonds. The van der Waals surface area contributed by atoms with Crippen molar-refractivity contribution in [2.24, 2.45) is 0 Å². The van der Waals surface area contributed by atoms with Crippen LogP contribution in [0.3, 0.4) is 0 Å². The molecule has 34 heavy (non-hydrogen) atoms. The third kappa shape index (κ3) is 4.06. The van der Waals surface area contributed by atoms with Crippen LogP contribution in [0.4, 0.5) is 0 Å². The zero-order valence-electron chi connectivity index (χ0n) is 21.0. The number of hydrogen-bond donors (Lipinski definition) is 0. The van der Waals surface area contributed by atoms with E-state index in [1.54, 1.807) is 0 Å². The van der Waals surface area contributed by atoms with Crippen LogP contribution < -0.4 is 0 Å². The maximum absolute atomic E-state index is 6.29. The van der Waals surface area contributed by atoms with E-state index in [9.17, 15) is 0 Å². The quantitative estimate of drug-likeness (QED) is 0.544. The molecule has 6 aliphatic heterocycles. The minimum absolute atomic E-state index is 0.327. The van der Waals surface area contributed by atoms with Gasteiger partial charge in [-0.25, -0.2) is 0 Å². The standard InChI is InChI=1S/C24H36O10/c1-21(2)27-13-11(25-19-17(15(13)29-21)31-23(5,6)33-19)9-10-12-14-16(30-22(3,4)28-14)18-20(26-12)34-24(7,8)32-18/h9-20H,1-8H3/b10-9+/t11-,12+,13+,14-,15+,16-,17-,18+,19-,20+. The van der Waals surface area contributed by atoms with Crippen molar-refractivity contribution < 1.29 is 47.4 Å². The summed E-state index contributed by atoms with van der Waals surface area (Å²) < 4.78 is 61.6. The molecule has 6 heterocycles. The summed E-state index contributed by atoms with van der Waals surface area (Å²) >= 11 is 0. The molecule has 6 aliphatic rings. The molecule has 0 aromatic carbocycles. The Hall–Kier alpha value is -0.660. The van der Waals surface area contributed by atoms with Gasteiger partial charge in [0.1, 0.15) is 48.8 Å². The Morgan fingerprint density at radius 1 is 0.382 bits per heavy atom. The van der Waals surface area contributed by atoms with Gasteiger partial charge >= 0.3 is 0 Å². The van der Waals surface area contributed by atoms with Gasteiger partial charge in [0.2, 0.25) is 0 Å². The van der Waals surface area contributed by atoms with Crippen molar-refractivity contribution in [2.75, 3.05) is 0 Å². The van der Waals surface area contributed by atoms with Gasteiger partial charge in [0, 0.05) is 0 Å². The largest absolute Gasteiger partial charge is 0.342 e. The molecule has 0 unspecified atom stereocenters. The molecule has 0 aromatic heterocycles. The number of hydrogen-bond acceptors (Lipinski definition) is 10. The van der Waals surface area contributed by atoms with Gasteiger partial charge in [-0.1, -0.05) is 12.2 Å². The normalized spacial score (nSPS) is 51.8. The lowest BCUT2D eigenvalue weighted by Gasteiger charge is -2.38. The Labute approximate surface area is 200 Å². The monoisotopic (exact) mass is 484 g/mol. The van der Waals surface area contributed by atoms with Crippen molar-refractivity contribution in [3.8, 4) is 0 Å². The van der Waals surface area contributed by atoms with Crippen LogP contribution in [0, 0.1) is 0 Å². The Morgan fingerprint density at radius 3 is 1.06 bits per heavy atom. The van der Waals surface area contributed by atoms with Crippen LogP contribution in [0.2, 0.25) is 0 Å². The molecule has 0 aromatic rings. The second-order valence-electron chi connectivity index (χ2n) is 11.7. The van der Waals surface area contributed by atoms with E-state index < -0.39 is 47.9 Å². The van der Waals surface area contributed by atoms with Crippen molar-refractivity contribution in [2.45, 2.75) is 140 Å². The van der Waals surface area contributed by atoms with Crippen molar-refractivity contribution in [3.05, 3.63) is 12.2 Å². The first kappa shape index (κ1) is 23.7. The highest BCUT2D eigenvalue weighted by Crippen LogP contribution is 2.46. The van der Waals surface area contributed by atoms with E-state index in [-0.39, 0.29) is 36.6 Å². The van der Waals surface area contributed by atoms with Crippen LogP contribution in [0.25, 0.3) is 0 Å². The Morgan fingerprint density at radius 2 is 0.676 bits per heavy atom. The second kappa shape index (κ2) is 7.44. The molecule has 0 bridgehead atoms. The number of ether oxygens (including phenoxy) is 10. The minimum Gasteiger partial charge on any atom is -0.342 e. The maximum atomic E-state index is 6.29. The fraction of sp³-hybridized carbons (Fsp3) is 0.917. The van der Waals surface area contributed by atoms with Gasteiger partial charge in [0.15, 0.2) is 35.7 Å². The highest BCUT2D eigenvalue weighted by atomic mass is 16.9. The molecule has 192 valence electrons.